The molecule has 0 amide bonds. The lowest BCUT2D eigenvalue weighted by molar-refractivity contribution is 0.607. The molecule has 1 aromatic rings. The fourth-order valence-electron chi connectivity index (χ4n) is 1.14. The molecule has 0 spiro atoms. The summed E-state index contributed by atoms with van der Waals surface area (Å²) < 4.78 is 24.4. The molecule has 0 saturated heterocycles. The first-order valence-electron chi connectivity index (χ1n) is 4.04. The predicted molar refractivity (Wildman–Crippen MR) is 59.4 cm³/mol. The summed E-state index contributed by atoms with van der Waals surface area (Å²) in [4.78, 5) is 0. The zero-order valence-corrected chi connectivity index (χ0v) is 9.83. The van der Waals surface area contributed by atoms with Crippen LogP contribution in [0.3, 0.4) is 0 Å². The number of nitrogens with one attached hydrogen (secondary N) is 1. The van der Waals surface area contributed by atoms with Crippen LogP contribution in [0.1, 0.15) is 11.1 Å². The third-order valence-electron chi connectivity index (χ3n) is 1.80. The molecule has 1 aromatic carbocycles. The minimum Gasteiger partial charge on any atom is -0.283 e. The second-order valence-electron chi connectivity index (χ2n) is 3.29. The van der Waals surface area contributed by atoms with Crippen molar-refractivity contribution in [3.63, 3.8) is 0 Å². The average molecular weight is 234 g/mol. The summed E-state index contributed by atoms with van der Waals surface area (Å²) in [6.45, 7) is 3.70. The number of hydrogen-bond acceptors (Lipinski definition) is 2. The zero-order valence-electron chi connectivity index (χ0n) is 8.26. The van der Waals surface area contributed by atoms with E-state index in [0.29, 0.717) is 10.7 Å². The van der Waals surface area contributed by atoms with Gasteiger partial charge in [-0.15, -0.1) is 0 Å². The summed E-state index contributed by atoms with van der Waals surface area (Å²) in [6.07, 6.45) is 1.11. The summed E-state index contributed by atoms with van der Waals surface area (Å²) in [5, 5.41) is 0.557. The van der Waals surface area contributed by atoms with Crippen molar-refractivity contribution < 1.29 is 8.42 Å². The molecule has 0 fully saturated rings. The maximum Gasteiger partial charge on any atom is 0.229 e. The Morgan fingerprint density at radius 2 is 1.79 bits per heavy atom. The number of hydrogen-bond donors (Lipinski definition) is 1. The molecule has 0 heterocycles. The number of sulfonamides is 1. The van der Waals surface area contributed by atoms with Crippen molar-refractivity contribution in [3.05, 3.63) is 28.3 Å². The normalized spacial score (nSPS) is 11.4. The van der Waals surface area contributed by atoms with E-state index in [1.165, 1.54) is 0 Å². The standard InChI is InChI=1S/C9H12ClNO2S/c1-6-4-7(2)9(5-8(6)10)11-14(3,12)13/h4-5,11H,1-3H3. The fraction of sp³-hybridized carbons (Fsp3) is 0.333. The van der Waals surface area contributed by atoms with Crippen molar-refractivity contribution in [2.75, 3.05) is 11.0 Å². The SMILES string of the molecule is Cc1cc(C)c(NS(C)(=O)=O)cc1Cl. The van der Waals surface area contributed by atoms with Gasteiger partial charge in [0.15, 0.2) is 0 Å². The Hall–Kier alpha value is -0.740. The Kier molecular flexibility index (Phi) is 3.07. The van der Waals surface area contributed by atoms with Gasteiger partial charge in [0.25, 0.3) is 0 Å². The lowest BCUT2D eigenvalue weighted by Gasteiger charge is -2.09. The van der Waals surface area contributed by atoms with Crippen LogP contribution in [0.5, 0.6) is 0 Å². The molecule has 0 saturated carbocycles. The zero-order chi connectivity index (χ0) is 10.9. The molecule has 1 rings (SSSR count). The number of benzene rings is 1. The molecule has 0 radical (unpaired) electrons. The van der Waals surface area contributed by atoms with E-state index in [2.05, 4.69) is 4.72 Å². The van der Waals surface area contributed by atoms with E-state index >= 15 is 0 Å². The topological polar surface area (TPSA) is 46.2 Å². The summed E-state index contributed by atoms with van der Waals surface area (Å²) in [6, 6.07) is 3.46. The Balaban J connectivity index is 3.17. The molecule has 0 aromatic heterocycles. The Morgan fingerprint density at radius 3 is 2.29 bits per heavy atom. The van der Waals surface area contributed by atoms with Gasteiger partial charge in [0.1, 0.15) is 0 Å². The van der Waals surface area contributed by atoms with Gasteiger partial charge in [-0.3, -0.25) is 4.72 Å². The van der Waals surface area contributed by atoms with Gasteiger partial charge in [-0.2, -0.15) is 0 Å². The van der Waals surface area contributed by atoms with Gasteiger partial charge in [0.2, 0.25) is 10.0 Å². The molecule has 3 nitrogen and oxygen atoms in total. The molecule has 0 atom stereocenters. The van der Waals surface area contributed by atoms with E-state index in [0.717, 1.165) is 17.4 Å². The molecule has 5 heteroatoms. The van der Waals surface area contributed by atoms with Crippen LogP contribution in [0.4, 0.5) is 5.69 Å². The highest BCUT2D eigenvalue weighted by atomic mass is 35.5. The first-order valence-corrected chi connectivity index (χ1v) is 6.31. The van der Waals surface area contributed by atoms with Crippen LogP contribution < -0.4 is 4.72 Å². The molecule has 0 bridgehead atoms. The van der Waals surface area contributed by atoms with Crippen molar-refractivity contribution in [1.82, 2.24) is 0 Å². The molecule has 1 N–H and O–H groups in total. The van der Waals surface area contributed by atoms with Crippen LogP contribution in [0.25, 0.3) is 0 Å². The third kappa shape index (κ3) is 2.89. The van der Waals surface area contributed by atoms with Crippen molar-refractivity contribution >= 4 is 27.3 Å². The van der Waals surface area contributed by atoms with Crippen LogP contribution >= 0.6 is 11.6 Å². The van der Waals surface area contributed by atoms with Gasteiger partial charge < -0.3 is 0 Å². The second-order valence-corrected chi connectivity index (χ2v) is 5.45. The highest BCUT2D eigenvalue weighted by Crippen LogP contribution is 2.24. The highest BCUT2D eigenvalue weighted by molar-refractivity contribution is 7.92. The molecular formula is C9H12ClNO2S. The molecule has 0 aliphatic heterocycles. The van der Waals surface area contributed by atoms with E-state index < -0.39 is 10.0 Å². The third-order valence-corrected chi connectivity index (χ3v) is 2.80. The summed E-state index contributed by atoms with van der Waals surface area (Å²) in [5.41, 5.74) is 2.32. The molecule has 14 heavy (non-hydrogen) atoms. The molecular weight excluding hydrogens is 222 g/mol. The minimum atomic E-state index is -3.24. The summed E-state index contributed by atoms with van der Waals surface area (Å²) in [7, 11) is -3.24. The molecule has 78 valence electrons. The van der Waals surface area contributed by atoms with Crippen LogP contribution in [0, 0.1) is 13.8 Å². The Labute approximate surface area is 89.1 Å². The van der Waals surface area contributed by atoms with E-state index in [-0.39, 0.29) is 0 Å². The van der Waals surface area contributed by atoms with Crippen molar-refractivity contribution in [1.29, 1.82) is 0 Å². The number of anilines is 1. The van der Waals surface area contributed by atoms with Gasteiger partial charge in [-0.05, 0) is 31.0 Å². The van der Waals surface area contributed by atoms with Crippen LogP contribution in [-0.2, 0) is 10.0 Å². The number of rotatable bonds is 2. The summed E-state index contributed by atoms with van der Waals surface area (Å²) >= 11 is 5.88. The summed E-state index contributed by atoms with van der Waals surface area (Å²) in [5.74, 6) is 0. The van der Waals surface area contributed by atoms with Gasteiger partial charge in [-0.25, -0.2) is 8.42 Å². The van der Waals surface area contributed by atoms with Crippen LogP contribution in [0.15, 0.2) is 12.1 Å². The van der Waals surface area contributed by atoms with Gasteiger partial charge >= 0.3 is 0 Å². The number of aryl methyl sites for hydroxylation is 2. The lowest BCUT2D eigenvalue weighted by atomic mass is 10.1. The molecule has 0 unspecified atom stereocenters. The highest BCUT2D eigenvalue weighted by Gasteiger charge is 2.07. The molecule has 0 aliphatic carbocycles. The first kappa shape index (κ1) is 11.3. The second kappa shape index (κ2) is 3.79. The van der Waals surface area contributed by atoms with E-state index in [4.69, 9.17) is 11.6 Å². The van der Waals surface area contributed by atoms with Gasteiger partial charge in [0, 0.05) is 5.02 Å². The van der Waals surface area contributed by atoms with E-state index in [9.17, 15) is 8.42 Å². The van der Waals surface area contributed by atoms with Crippen LogP contribution in [0.2, 0.25) is 5.02 Å². The van der Waals surface area contributed by atoms with Crippen LogP contribution in [-0.4, -0.2) is 14.7 Å². The minimum absolute atomic E-state index is 0.531. The monoisotopic (exact) mass is 233 g/mol. The van der Waals surface area contributed by atoms with Crippen molar-refractivity contribution in [2.45, 2.75) is 13.8 Å². The van der Waals surface area contributed by atoms with Gasteiger partial charge in [-0.1, -0.05) is 17.7 Å². The molecule has 0 aliphatic rings. The Morgan fingerprint density at radius 1 is 1.21 bits per heavy atom. The smallest absolute Gasteiger partial charge is 0.229 e. The van der Waals surface area contributed by atoms with Crippen molar-refractivity contribution in [3.8, 4) is 0 Å². The maximum atomic E-state index is 11.0. The quantitative estimate of drug-likeness (QED) is 0.852. The first-order chi connectivity index (χ1) is 6.29. The maximum absolute atomic E-state index is 11.0. The van der Waals surface area contributed by atoms with E-state index in [1.807, 2.05) is 19.9 Å². The van der Waals surface area contributed by atoms with E-state index in [1.54, 1.807) is 6.07 Å². The average Bonchev–Trinajstić information content (AvgIpc) is 1.97. The lowest BCUT2D eigenvalue weighted by Crippen LogP contribution is -2.10. The van der Waals surface area contributed by atoms with Crippen molar-refractivity contribution in [2.24, 2.45) is 0 Å². The Bertz CT molecular complexity index is 454. The predicted octanol–water partition coefficient (Wildman–Crippen LogP) is 2.33. The largest absolute Gasteiger partial charge is 0.283 e. The number of halogens is 1. The van der Waals surface area contributed by atoms with Gasteiger partial charge in [0.05, 0.1) is 11.9 Å². The fourth-order valence-corrected chi connectivity index (χ4v) is 1.92.